The maximum atomic E-state index is 16.5. The predicted octanol–water partition coefficient (Wildman–Crippen LogP) is 6.41. The van der Waals surface area contributed by atoms with Gasteiger partial charge in [0.2, 0.25) is 0 Å². The number of aliphatic imine (C=N–C) groups is 1. The van der Waals surface area contributed by atoms with Crippen molar-refractivity contribution in [1.29, 1.82) is 0 Å². The topological polar surface area (TPSA) is 55.5 Å². The second-order valence-electron chi connectivity index (χ2n) is 12.3. The minimum atomic E-state index is -0.934. The van der Waals surface area contributed by atoms with Crippen LogP contribution < -0.4 is 5.73 Å². The van der Waals surface area contributed by atoms with E-state index in [9.17, 15) is 4.79 Å². The van der Waals surface area contributed by atoms with Crippen molar-refractivity contribution < 1.29 is 9.18 Å². The van der Waals surface area contributed by atoms with Crippen LogP contribution in [0.5, 0.6) is 0 Å². The Bertz CT molecular complexity index is 805. The van der Waals surface area contributed by atoms with Crippen molar-refractivity contribution in [3.8, 4) is 0 Å². The van der Waals surface area contributed by atoms with Crippen molar-refractivity contribution in [2.24, 2.45) is 51.6 Å². The molecule has 5 aliphatic carbocycles. The number of ketones is 1. The first-order valence-electron chi connectivity index (χ1n) is 13.5. The van der Waals surface area contributed by atoms with Crippen LogP contribution in [0.15, 0.2) is 16.8 Å². The van der Waals surface area contributed by atoms with Gasteiger partial charge in [0, 0.05) is 11.6 Å². The van der Waals surface area contributed by atoms with Gasteiger partial charge in [0.1, 0.15) is 5.67 Å². The number of nitrogens with two attached hydrogens (primary N) is 1. The summed E-state index contributed by atoms with van der Waals surface area (Å²) in [5.74, 6) is 2.63. The largest absolute Gasteiger partial charge is 0.404 e. The van der Waals surface area contributed by atoms with Gasteiger partial charge in [-0.15, -0.1) is 0 Å². The van der Waals surface area contributed by atoms with E-state index in [2.05, 4.69) is 13.8 Å². The zero-order chi connectivity index (χ0) is 22.5. The van der Waals surface area contributed by atoms with Crippen molar-refractivity contribution in [2.75, 3.05) is 6.54 Å². The Morgan fingerprint density at radius 1 is 1.09 bits per heavy atom. The Morgan fingerprint density at radius 3 is 2.72 bits per heavy atom. The van der Waals surface area contributed by atoms with Crippen LogP contribution in [-0.2, 0) is 4.79 Å². The molecule has 4 heteroatoms. The number of allylic oxidation sites excluding steroid dienone is 1. The molecule has 5 rings (SSSR count). The molecule has 8 unspecified atom stereocenters. The summed E-state index contributed by atoms with van der Waals surface area (Å²) in [7, 11) is 0. The summed E-state index contributed by atoms with van der Waals surface area (Å²) in [5.41, 5.74) is 7.10. The maximum Gasteiger partial charge on any atom is 0.157 e. The van der Waals surface area contributed by atoms with Crippen LogP contribution in [0, 0.1) is 40.9 Å². The Labute approximate surface area is 193 Å². The van der Waals surface area contributed by atoms with Crippen molar-refractivity contribution in [3.05, 3.63) is 11.8 Å². The van der Waals surface area contributed by atoms with Crippen molar-refractivity contribution >= 4 is 11.5 Å². The van der Waals surface area contributed by atoms with Crippen LogP contribution in [0.2, 0.25) is 0 Å². The van der Waals surface area contributed by atoms with E-state index in [0.717, 1.165) is 88.3 Å². The highest BCUT2D eigenvalue weighted by atomic mass is 19.1. The first kappa shape index (κ1) is 22.6. The number of alkyl halides is 1. The summed E-state index contributed by atoms with van der Waals surface area (Å²) in [6.45, 7) is 4.98. The fourth-order valence-corrected chi connectivity index (χ4v) is 9.08. The quantitative estimate of drug-likeness (QED) is 0.549. The first-order chi connectivity index (χ1) is 15.4. The fourth-order valence-electron chi connectivity index (χ4n) is 9.08. The van der Waals surface area contributed by atoms with Crippen LogP contribution >= 0.6 is 0 Å². The molecule has 0 spiro atoms. The van der Waals surface area contributed by atoms with E-state index >= 15 is 4.39 Å². The third kappa shape index (κ3) is 3.59. The van der Waals surface area contributed by atoms with E-state index < -0.39 is 5.67 Å². The molecule has 0 bridgehead atoms. The fraction of sp³-hybridized carbons (Fsp3) is 0.857. The van der Waals surface area contributed by atoms with E-state index in [1.807, 2.05) is 0 Å². The highest BCUT2D eigenvalue weighted by Crippen LogP contribution is 2.66. The van der Waals surface area contributed by atoms with E-state index in [4.69, 9.17) is 10.7 Å². The Kier molecular flexibility index (Phi) is 6.03. The van der Waals surface area contributed by atoms with Crippen LogP contribution in [0.4, 0.5) is 4.39 Å². The summed E-state index contributed by atoms with van der Waals surface area (Å²) in [6, 6.07) is 0. The Morgan fingerprint density at radius 2 is 1.91 bits per heavy atom. The van der Waals surface area contributed by atoms with Crippen LogP contribution in [0.25, 0.3) is 0 Å². The molecule has 0 radical (unpaired) electrons. The van der Waals surface area contributed by atoms with Gasteiger partial charge < -0.3 is 5.73 Å². The van der Waals surface area contributed by atoms with E-state index in [-0.39, 0.29) is 23.2 Å². The second kappa shape index (κ2) is 8.55. The zero-order valence-corrected chi connectivity index (χ0v) is 20.3. The molecule has 0 aromatic carbocycles. The summed E-state index contributed by atoms with van der Waals surface area (Å²) in [5, 5.41) is 0. The normalized spacial score (nSPS) is 48.8. The number of carbonyl (C=O) groups is 1. The lowest BCUT2D eigenvalue weighted by atomic mass is 9.48. The molecule has 0 aromatic heterocycles. The van der Waals surface area contributed by atoms with Gasteiger partial charge in [-0.05, 0) is 130 Å². The van der Waals surface area contributed by atoms with Crippen molar-refractivity contribution in [1.82, 2.24) is 0 Å². The van der Waals surface area contributed by atoms with Gasteiger partial charge in [0.05, 0.1) is 6.54 Å². The highest BCUT2D eigenvalue weighted by Gasteiger charge is 2.62. The summed E-state index contributed by atoms with van der Waals surface area (Å²) in [6.07, 6.45) is 15.2. The molecule has 0 aliphatic heterocycles. The smallest absolute Gasteiger partial charge is 0.157 e. The average Bonchev–Trinajstić information content (AvgIpc) is 3.15. The van der Waals surface area contributed by atoms with Crippen molar-refractivity contribution in [3.63, 3.8) is 0 Å². The minimum Gasteiger partial charge on any atom is -0.404 e. The van der Waals surface area contributed by atoms with Gasteiger partial charge in [-0.1, -0.05) is 13.8 Å². The summed E-state index contributed by atoms with van der Waals surface area (Å²) < 4.78 is 16.5. The molecule has 0 amide bonds. The molecule has 178 valence electrons. The Hall–Kier alpha value is -1.19. The van der Waals surface area contributed by atoms with E-state index in [1.54, 1.807) is 6.20 Å². The van der Waals surface area contributed by atoms with E-state index in [1.165, 1.54) is 6.42 Å². The van der Waals surface area contributed by atoms with Gasteiger partial charge >= 0.3 is 0 Å². The highest BCUT2D eigenvalue weighted by molar-refractivity contribution is 6.01. The van der Waals surface area contributed by atoms with Gasteiger partial charge in [-0.3, -0.25) is 9.79 Å². The molecule has 32 heavy (non-hydrogen) atoms. The standard InChI is InChI=1S/C28H43FN2O/c1-18-11-14-28(29)20(15-18)7-8-21-22-9-10-24(27(22,2)13-12-23(21)28)26(32)17-31-25-6-4-3-5-19(25)16-30/h16,18,20-24H,3-15,17,30H2,1-2H3. The number of nitrogens with zero attached hydrogens (tertiary/aromatic N) is 1. The SMILES string of the molecule is CC1CCC2(F)C(CCC3C4CCC(C(=O)CN=C5CCCCC5=CN)C4(C)CCC32)C1. The predicted molar refractivity (Wildman–Crippen MR) is 128 cm³/mol. The lowest BCUT2D eigenvalue weighted by Gasteiger charge is -2.58. The second-order valence-corrected chi connectivity index (χ2v) is 12.3. The third-order valence-electron chi connectivity index (χ3n) is 10.8. The van der Waals surface area contributed by atoms with Gasteiger partial charge in [-0.25, -0.2) is 4.39 Å². The lowest BCUT2D eigenvalue weighted by Crippen LogP contribution is -2.56. The van der Waals surface area contributed by atoms with Crippen LogP contribution in [0.3, 0.4) is 0 Å². The molecule has 3 nitrogen and oxygen atoms in total. The molecule has 0 aromatic rings. The first-order valence-corrected chi connectivity index (χ1v) is 13.5. The minimum absolute atomic E-state index is 0.0443. The lowest BCUT2D eigenvalue weighted by molar-refractivity contribution is -0.145. The molecule has 0 heterocycles. The van der Waals surface area contributed by atoms with Crippen LogP contribution in [-0.4, -0.2) is 23.7 Å². The number of halogens is 1. The third-order valence-corrected chi connectivity index (χ3v) is 10.8. The Balaban J connectivity index is 1.30. The molecule has 8 atom stereocenters. The van der Waals surface area contributed by atoms with Gasteiger partial charge in [-0.2, -0.15) is 0 Å². The molecule has 2 N–H and O–H groups in total. The number of hydrogen-bond donors (Lipinski definition) is 1. The molecule has 0 saturated heterocycles. The number of carbonyl (C=O) groups excluding carboxylic acids is 1. The number of hydrogen-bond acceptors (Lipinski definition) is 3. The molecule has 5 saturated carbocycles. The monoisotopic (exact) mass is 442 g/mol. The molecule has 5 aliphatic rings. The summed E-state index contributed by atoms with van der Waals surface area (Å²) >= 11 is 0. The van der Waals surface area contributed by atoms with Gasteiger partial charge in [0.25, 0.3) is 0 Å². The van der Waals surface area contributed by atoms with Crippen LogP contribution in [0.1, 0.15) is 97.3 Å². The molecular formula is C28H43FN2O. The number of fused-ring (bicyclic) bond motifs is 5. The van der Waals surface area contributed by atoms with Gasteiger partial charge in [0.15, 0.2) is 5.78 Å². The summed E-state index contributed by atoms with van der Waals surface area (Å²) in [4.78, 5) is 18.2. The number of Topliss-reactive ketones (excluding diaryl/α,β-unsaturated/α-hetero) is 1. The average molecular weight is 443 g/mol. The molecule has 5 fully saturated rings. The van der Waals surface area contributed by atoms with Crippen molar-refractivity contribution in [2.45, 2.75) is 103 Å². The molecular weight excluding hydrogens is 399 g/mol. The maximum absolute atomic E-state index is 16.5. The van der Waals surface area contributed by atoms with E-state index in [0.29, 0.717) is 30.1 Å². The zero-order valence-electron chi connectivity index (χ0n) is 20.3. The number of rotatable bonds is 3.